The Bertz CT molecular complexity index is 718. The van der Waals surface area contributed by atoms with Gasteiger partial charge in [-0.15, -0.1) is 0 Å². The molecule has 24 heavy (non-hydrogen) atoms. The van der Waals surface area contributed by atoms with Crippen molar-refractivity contribution in [3.63, 3.8) is 0 Å². The predicted octanol–water partition coefficient (Wildman–Crippen LogP) is 4.38. The maximum absolute atomic E-state index is 12.4. The first-order valence-corrected chi connectivity index (χ1v) is 8.72. The van der Waals surface area contributed by atoms with Crippen LogP contribution < -0.4 is 4.74 Å². The van der Waals surface area contributed by atoms with Crippen molar-refractivity contribution in [2.24, 2.45) is 11.3 Å². The van der Waals surface area contributed by atoms with Gasteiger partial charge in [0.2, 0.25) is 5.78 Å². The van der Waals surface area contributed by atoms with E-state index >= 15 is 0 Å². The molecule has 0 saturated carbocycles. The quantitative estimate of drug-likeness (QED) is 0.781. The minimum atomic E-state index is -0.443. The summed E-state index contributed by atoms with van der Waals surface area (Å²) in [6.07, 6.45) is 2.38. The lowest BCUT2D eigenvalue weighted by Gasteiger charge is -2.28. The van der Waals surface area contributed by atoms with Crippen molar-refractivity contribution in [2.75, 3.05) is 26.7 Å². The molecule has 130 valence electrons. The van der Waals surface area contributed by atoms with E-state index in [4.69, 9.17) is 9.15 Å². The van der Waals surface area contributed by atoms with Crippen LogP contribution in [0.3, 0.4) is 0 Å². The minimum absolute atomic E-state index is 0.0208. The van der Waals surface area contributed by atoms with Crippen LogP contribution >= 0.6 is 0 Å². The number of ketones is 1. The van der Waals surface area contributed by atoms with E-state index in [1.54, 1.807) is 0 Å². The van der Waals surface area contributed by atoms with Gasteiger partial charge in [-0.2, -0.15) is 0 Å². The van der Waals surface area contributed by atoms with Gasteiger partial charge < -0.3 is 14.1 Å². The van der Waals surface area contributed by atoms with Crippen LogP contribution in [0.2, 0.25) is 0 Å². The monoisotopic (exact) mass is 329 g/mol. The van der Waals surface area contributed by atoms with Gasteiger partial charge in [0.1, 0.15) is 11.3 Å². The number of Topliss-reactive ketones (excluding diaryl/α,β-unsaturated/α-hetero) is 1. The summed E-state index contributed by atoms with van der Waals surface area (Å²) in [7, 11) is 2.17. The zero-order valence-corrected chi connectivity index (χ0v) is 15.1. The summed E-state index contributed by atoms with van der Waals surface area (Å²) >= 11 is 0. The molecule has 1 aliphatic rings. The smallest absolute Gasteiger partial charge is 0.203 e. The summed E-state index contributed by atoms with van der Waals surface area (Å²) in [5.74, 6) is 1.91. The summed E-state index contributed by atoms with van der Waals surface area (Å²) in [4.78, 5) is 14.7. The van der Waals surface area contributed by atoms with Gasteiger partial charge in [-0.3, -0.25) is 4.79 Å². The van der Waals surface area contributed by atoms with E-state index in [0.29, 0.717) is 11.7 Å². The third-order valence-corrected chi connectivity index (χ3v) is 4.72. The topological polar surface area (TPSA) is 42.7 Å². The molecule has 0 spiro atoms. The molecule has 1 saturated heterocycles. The molecule has 0 radical (unpaired) electrons. The number of carbonyl (C=O) groups is 1. The fourth-order valence-electron chi connectivity index (χ4n) is 3.04. The molecule has 4 heteroatoms. The molecule has 4 nitrogen and oxygen atoms in total. The minimum Gasteiger partial charge on any atom is -0.493 e. The third kappa shape index (κ3) is 3.81. The molecule has 1 aromatic heterocycles. The fourth-order valence-corrected chi connectivity index (χ4v) is 3.04. The standard InChI is InChI=1S/C20H27NO3/c1-20(2,3)19(22)18-12-15-11-16(5-6-17(15)24-18)23-13-14-7-9-21(4)10-8-14/h5-6,11-12,14H,7-10,13H2,1-4H3. The summed E-state index contributed by atoms with van der Waals surface area (Å²) in [5, 5.41) is 0.920. The van der Waals surface area contributed by atoms with Gasteiger partial charge >= 0.3 is 0 Å². The second-order valence-electron chi connectivity index (χ2n) is 7.95. The van der Waals surface area contributed by atoms with Gasteiger partial charge in [0, 0.05) is 10.8 Å². The first kappa shape index (κ1) is 17.0. The van der Waals surface area contributed by atoms with E-state index < -0.39 is 5.41 Å². The first-order chi connectivity index (χ1) is 11.3. The maximum Gasteiger partial charge on any atom is 0.203 e. The average molecular weight is 329 g/mol. The molecule has 0 bridgehead atoms. The largest absolute Gasteiger partial charge is 0.493 e. The van der Waals surface area contributed by atoms with E-state index in [9.17, 15) is 4.79 Å². The number of hydrogen-bond donors (Lipinski definition) is 0. The molecule has 0 aliphatic carbocycles. The Morgan fingerprint density at radius 1 is 1.25 bits per heavy atom. The molecule has 2 heterocycles. The highest BCUT2D eigenvalue weighted by molar-refractivity contribution is 6.00. The number of ether oxygens (including phenoxy) is 1. The number of fused-ring (bicyclic) bond motifs is 1. The molecular formula is C20H27NO3. The van der Waals surface area contributed by atoms with Crippen molar-refractivity contribution in [3.05, 3.63) is 30.0 Å². The van der Waals surface area contributed by atoms with Gasteiger partial charge in [-0.1, -0.05) is 20.8 Å². The lowest BCUT2D eigenvalue weighted by Crippen LogP contribution is -2.32. The van der Waals surface area contributed by atoms with Crippen molar-refractivity contribution < 1.29 is 13.9 Å². The maximum atomic E-state index is 12.4. The molecule has 2 aromatic rings. The van der Waals surface area contributed by atoms with E-state index in [1.165, 1.54) is 12.8 Å². The predicted molar refractivity (Wildman–Crippen MR) is 95.7 cm³/mol. The number of likely N-dealkylation sites (tertiary alicyclic amines) is 1. The Hall–Kier alpha value is -1.81. The highest BCUT2D eigenvalue weighted by Gasteiger charge is 2.26. The Kier molecular flexibility index (Phi) is 4.68. The van der Waals surface area contributed by atoms with Crippen LogP contribution in [0.1, 0.15) is 44.2 Å². The Labute approximate surface area is 143 Å². The molecule has 3 rings (SSSR count). The van der Waals surface area contributed by atoms with E-state index in [0.717, 1.165) is 36.4 Å². The van der Waals surface area contributed by atoms with Crippen molar-refractivity contribution in [1.29, 1.82) is 0 Å². The zero-order chi connectivity index (χ0) is 17.3. The molecule has 0 atom stereocenters. The number of furan rings is 1. The number of nitrogens with zero attached hydrogens (tertiary/aromatic N) is 1. The van der Waals surface area contributed by atoms with Gasteiger partial charge in [0.25, 0.3) is 0 Å². The van der Waals surface area contributed by atoms with Gasteiger partial charge in [-0.25, -0.2) is 0 Å². The Balaban J connectivity index is 1.68. The number of benzene rings is 1. The summed E-state index contributed by atoms with van der Waals surface area (Å²) < 4.78 is 11.7. The number of hydrogen-bond acceptors (Lipinski definition) is 4. The third-order valence-electron chi connectivity index (χ3n) is 4.72. The highest BCUT2D eigenvalue weighted by Crippen LogP contribution is 2.29. The number of rotatable bonds is 4. The summed E-state index contributed by atoms with van der Waals surface area (Å²) in [6, 6.07) is 7.60. The normalized spacial score (nSPS) is 17.3. The van der Waals surface area contributed by atoms with Crippen LogP contribution in [0, 0.1) is 11.3 Å². The lowest BCUT2D eigenvalue weighted by molar-refractivity contribution is 0.0831. The van der Waals surface area contributed by atoms with Crippen LogP contribution in [0.15, 0.2) is 28.7 Å². The number of carbonyl (C=O) groups excluding carboxylic acids is 1. The van der Waals surface area contributed by atoms with Crippen molar-refractivity contribution in [2.45, 2.75) is 33.6 Å². The molecule has 1 aliphatic heterocycles. The molecule has 1 aromatic carbocycles. The molecule has 1 fully saturated rings. The van der Waals surface area contributed by atoms with Crippen molar-refractivity contribution in [3.8, 4) is 5.75 Å². The second kappa shape index (κ2) is 6.60. The van der Waals surface area contributed by atoms with E-state index in [2.05, 4.69) is 11.9 Å². The lowest BCUT2D eigenvalue weighted by atomic mass is 9.89. The van der Waals surface area contributed by atoms with Crippen LogP contribution in [0.5, 0.6) is 5.75 Å². The van der Waals surface area contributed by atoms with Crippen LogP contribution in [0.4, 0.5) is 0 Å². The zero-order valence-electron chi connectivity index (χ0n) is 15.1. The fraction of sp³-hybridized carbons (Fsp3) is 0.550. The van der Waals surface area contributed by atoms with Gasteiger partial charge in [0.05, 0.1) is 6.61 Å². The van der Waals surface area contributed by atoms with E-state index in [1.807, 2.05) is 45.0 Å². The van der Waals surface area contributed by atoms with Crippen LogP contribution in [-0.2, 0) is 0 Å². The van der Waals surface area contributed by atoms with Gasteiger partial charge in [0.15, 0.2) is 5.76 Å². The molecule has 0 unspecified atom stereocenters. The summed E-state index contributed by atoms with van der Waals surface area (Å²) in [5.41, 5.74) is 0.288. The highest BCUT2D eigenvalue weighted by atomic mass is 16.5. The van der Waals surface area contributed by atoms with E-state index in [-0.39, 0.29) is 5.78 Å². The molecular weight excluding hydrogens is 302 g/mol. The summed E-state index contributed by atoms with van der Waals surface area (Å²) in [6.45, 7) is 8.75. The van der Waals surface area contributed by atoms with Crippen LogP contribution in [0.25, 0.3) is 11.0 Å². The SMILES string of the molecule is CN1CCC(COc2ccc3oc(C(=O)C(C)(C)C)cc3c2)CC1. The Morgan fingerprint density at radius 3 is 2.62 bits per heavy atom. The average Bonchev–Trinajstić information content (AvgIpc) is 2.95. The molecule has 0 amide bonds. The van der Waals surface area contributed by atoms with Gasteiger partial charge in [-0.05, 0) is 63.2 Å². The van der Waals surface area contributed by atoms with Crippen LogP contribution in [-0.4, -0.2) is 37.4 Å². The van der Waals surface area contributed by atoms with Crippen molar-refractivity contribution in [1.82, 2.24) is 4.90 Å². The van der Waals surface area contributed by atoms with Crippen molar-refractivity contribution >= 4 is 16.8 Å². The second-order valence-corrected chi connectivity index (χ2v) is 7.95. The first-order valence-electron chi connectivity index (χ1n) is 8.72. The molecule has 0 N–H and O–H groups in total. The Morgan fingerprint density at radius 2 is 1.96 bits per heavy atom. The number of piperidine rings is 1.